The van der Waals surface area contributed by atoms with Gasteiger partial charge in [-0.05, 0) is 44.0 Å². The number of ether oxygens (including phenoxy) is 2. The number of fused-ring (bicyclic) bond motifs is 1. The first-order chi connectivity index (χ1) is 17.2. The van der Waals surface area contributed by atoms with Gasteiger partial charge in [-0.2, -0.15) is 0 Å². The fraction of sp³-hybridized carbons (Fsp3) is 0.423. The summed E-state index contributed by atoms with van der Waals surface area (Å²) in [6.07, 6.45) is 1.42. The fourth-order valence-corrected chi connectivity index (χ4v) is 5.24. The Hall–Kier alpha value is -3.53. The smallest absolute Gasteiger partial charge is 0.259 e. The van der Waals surface area contributed by atoms with Gasteiger partial charge in [-0.1, -0.05) is 38.2 Å². The van der Waals surface area contributed by atoms with Crippen LogP contribution in [-0.2, 0) is 5.41 Å². The lowest BCUT2D eigenvalue weighted by atomic mass is 9.89. The molecule has 10 heteroatoms. The highest BCUT2D eigenvalue weighted by Crippen LogP contribution is 2.37. The molecule has 1 saturated heterocycles. The van der Waals surface area contributed by atoms with Gasteiger partial charge >= 0.3 is 0 Å². The van der Waals surface area contributed by atoms with Crippen LogP contribution in [0.5, 0.6) is 11.5 Å². The molecule has 3 aromatic rings. The lowest BCUT2D eigenvalue weighted by molar-refractivity contribution is 0.0706. The number of piperidine rings is 1. The van der Waals surface area contributed by atoms with Crippen molar-refractivity contribution in [3.8, 4) is 11.5 Å². The summed E-state index contributed by atoms with van der Waals surface area (Å²) in [5.41, 5.74) is 2.52. The number of likely N-dealkylation sites (tertiary alicyclic amines) is 1. The number of carbonyl (C=O) groups excluding carboxylic acids is 2. The molecule has 2 amide bonds. The molecule has 1 aromatic carbocycles. The van der Waals surface area contributed by atoms with Crippen LogP contribution in [0.3, 0.4) is 0 Å². The van der Waals surface area contributed by atoms with Crippen molar-refractivity contribution in [3.63, 3.8) is 0 Å². The second-order valence-electron chi connectivity index (χ2n) is 10.1. The number of amides is 2. The Morgan fingerprint density at radius 1 is 1.06 bits per heavy atom. The average Bonchev–Trinajstić information content (AvgIpc) is 3.53. The summed E-state index contributed by atoms with van der Waals surface area (Å²) in [4.78, 5) is 33.0. The van der Waals surface area contributed by atoms with Gasteiger partial charge in [0, 0.05) is 30.1 Å². The second-order valence-corrected chi connectivity index (χ2v) is 11.1. The van der Waals surface area contributed by atoms with Gasteiger partial charge in [-0.15, -0.1) is 10.2 Å². The highest BCUT2D eigenvalue weighted by molar-refractivity contribution is 7.15. The van der Waals surface area contributed by atoms with Gasteiger partial charge in [0.05, 0.1) is 16.8 Å². The zero-order valence-corrected chi connectivity index (χ0v) is 21.6. The van der Waals surface area contributed by atoms with Crippen molar-refractivity contribution in [2.75, 3.05) is 25.2 Å². The minimum Gasteiger partial charge on any atom is -0.454 e. The number of benzene rings is 1. The Labute approximate surface area is 213 Å². The Balaban J connectivity index is 1.30. The number of aromatic nitrogens is 3. The van der Waals surface area contributed by atoms with Crippen molar-refractivity contribution < 1.29 is 19.1 Å². The highest BCUT2D eigenvalue weighted by atomic mass is 32.1. The third-order valence-corrected chi connectivity index (χ3v) is 7.66. The quantitative estimate of drug-likeness (QED) is 0.552. The monoisotopic (exact) mass is 507 g/mol. The van der Waals surface area contributed by atoms with Crippen molar-refractivity contribution in [1.82, 2.24) is 20.1 Å². The van der Waals surface area contributed by atoms with E-state index in [-0.39, 0.29) is 29.9 Å². The third kappa shape index (κ3) is 4.77. The van der Waals surface area contributed by atoms with Gasteiger partial charge < -0.3 is 14.4 Å². The van der Waals surface area contributed by atoms with Crippen LogP contribution in [0.1, 0.15) is 76.6 Å². The summed E-state index contributed by atoms with van der Waals surface area (Å²) in [6.45, 7) is 9.35. The molecule has 4 heterocycles. The maximum absolute atomic E-state index is 13.2. The number of carbonyl (C=O) groups is 2. The molecule has 2 aliphatic rings. The van der Waals surface area contributed by atoms with E-state index < -0.39 is 0 Å². The van der Waals surface area contributed by atoms with Crippen molar-refractivity contribution in [3.05, 3.63) is 57.9 Å². The lowest BCUT2D eigenvalue weighted by Crippen LogP contribution is -2.38. The molecule has 0 aliphatic carbocycles. The van der Waals surface area contributed by atoms with E-state index in [0.717, 1.165) is 16.4 Å². The number of para-hydroxylation sites is 1. The normalized spacial score (nSPS) is 15.7. The van der Waals surface area contributed by atoms with Crippen molar-refractivity contribution in [2.24, 2.45) is 0 Å². The van der Waals surface area contributed by atoms with Crippen molar-refractivity contribution in [2.45, 2.75) is 51.9 Å². The summed E-state index contributed by atoms with van der Waals surface area (Å²) in [5.74, 6) is 0.854. The standard InChI is InChI=1S/C26H29N5O4S/c1-15-8-9-17(22(32)28-25-30-29-24(36-25)26(2,3)4)20(27-15)16-10-12-31(13-11-16)23(33)18-6-5-7-19-21(18)35-14-34-19/h5-9,16H,10-14H2,1-4H3,(H,28,30,32). The van der Waals surface area contributed by atoms with E-state index in [2.05, 4.69) is 36.3 Å². The maximum Gasteiger partial charge on any atom is 0.259 e. The number of hydrogen-bond donors (Lipinski definition) is 1. The maximum atomic E-state index is 13.2. The van der Waals surface area contributed by atoms with Crippen LogP contribution in [0.4, 0.5) is 5.13 Å². The summed E-state index contributed by atoms with van der Waals surface area (Å²) >= 11 is 1.38. The van der Waals surface area contributed by atoms with Crippen LogP contribution >= 0.6 is 11.3 Å². The van der Waals surface area contributed by atoms with Crippen LogP contribution in [0, 0.1) is 6.92 Å². The zero-order valence-electron chi connectivity index (χ0n) is 20.8. The average molecular weight is 508 g/mol. The first-order valence-corrected chi connectivity index (χ1v) is 12.8. The van der Waals surface area contributed by atoms with Crippen LogP contribution in [-0.4, -0.2) is 51.8 Å². The van der Waals surface area contributed by atoms with Gasteiger partial charge in [0.15, 0.2) is 11.5 Å². The molecule has 0 saturated carbocycles. The molecule has 1 fully saturated rings. The lowest BCUT2D eigenvalue weighted by Gasteiger charge is -2.32. The molecule has 2 aromatic heterocycles. The molecule has 5 rings (SSSR count). The Morgan fingerprint density at radius 2 is 1.83 bits per heavy atom. The minimum atomic E-state index is -0.246. The summed E-state index contributed by atoms with van der Waals surface area (Å²) in [7, 11) is 0. The van der Waals surface area contributed by atoms with Crippen LogP contribution in [0.25, 0.3) is 0 Å². The number of rotatable bonds is 4. The fourth-order valence-electron chi connectivity index (χ4n) is 4.45. The third-order valence-electron chi connectivity index (χ3n) is 6.39. The molecule has 9 nitrogen and oxygen atoms in total. The predicted octanol–water partition coefficient (Wildman–Crippen LogP) is 4.54. The van der Waals surface area contributed by atoms with Crippen LogP contribution in [0.15, 0.2) is 30.3 Å². The van der Waals surface area contributed by atoms with Gasteiger partial charge in [-0.3, -0.25) is 19.9 Å². The predicted molar refractivity (Wildman–Crippen MR) is 136 cm³/mol. The van der Waals surface area contributed by atoms with E-state index in [1.807, 2.05) is 24.0 Å². The van der Waals surface area contributed by atoms with Gasteiger partial charge in [0.25, 0.3) is 11.8 Å². The molecule has 2 aliphatic heterocycles. The number of anilines is 1. The molecule has 0 radical (unpaired) electrons. The van der Waals surface area contributed by atoms with E-state index in [1.165, 1.54) is 11.3 Å². The molecular weight excluding hydrogens is 478 g/mol. The van der Waals surface area contributed by atoms with E-state index in [0.29, 0.717) is 53.7 Å². The van der Waals surface area contributed by atoms with Gasteiger partial charge in [0.1, 0.15) is 5.01 Å². The Bertz CT molecular complexity index is 1310. The zero-order chi connectivity index (χ0) is 25.4. The summed E-state index contributed by atoms with van der Waals surface area (Å²) < 4.78 is 10.9. The molecule has 1 N–H and O–H groups in total. The molecule has 188 valence electrons. The van der Waals surface area contributed by atoms with E-state index in [4.69, 9.17) is 14.5 Å². The van der Waals surface area contributed by atoms with Crippen LogP contribution < -0.4 is 14.8 Å². The van der Waals surface area contributed by atoms with Crippen molar-refractivity contribution >= 4 is 28.3 Å². The molecule has 0 unspecified atom stereocenters. The van der Waals surface area contributed by atoms with Crippen LogP contribution in [0.2, 0.25) is 0 Å². The largest absolute Gasteiger partial charge is 0.454 e. The molecule has 0 atom stereocenters. The minimum absolute atomic E-state index is 0.0651. The number of hydrogen-bond acceptors (Lipinski definition) is 8. The summed E-state index contributed by atoms with van der Waals surface area (Å²) in [5, 5.41) is 12.6. The van der Waals surface area contributed by atoms with E-state index in [1.54, 1.807) is 18.2 Å². The Morgan fingerprint density at radius 3 is 2.56 bits per heavy atom. The number of nitrogens with zero attached hydrogens (tertiary/aromatic N) is 4. The van der Waals surface area contributed by atoms with Gasteiger partial charge in [-0.25, -0.2) is 0 Å². The first kappa shape index (κ1) is 24.2. The molecular formula is C26H29N5O4S. The topological polar surface area (TPSA) is 107 Å². The molecule has 0 spiro atoms. The first-order valence-electron chi connectivity index (χ1n) is 12.0. The second kappa shape index (κ2) is 9.50. The van der Waals surface area contributed by atoms with Crippen molar-refractivity contribution in [1.29, 1.82) is 0 Å². The highest BCUT2D eigenvalue weighted by Gasteiger charge is 2.31. The molecule has 36 heavy (non-hydrogen) atoms. The number of pyridine rings is 1. The number of aryl methyl sites for hydroxylation is 1. The number of nitrogens with one attached hydrogen (secondary N) is 1. The van der Waals surface area contributed by atoms with E-state index in [9.17, 15) is 9.59 Å². The Kier molecular flexibility index (Phi) is 6.38. The van der Waals surface area contributed by atoms with Gasteiger partial charge in [0.2, 0.25) is 11.9 Å². The van der Waals surface area contributed by atoms with E-state index >= 15 is 0 Å². The molecule has 0 bridgehead atoms. The summed E-state index contributed by atoms with van der Waals surface area (Å²) in [6, 6.07) is 9.03. The SMILES string of the molecule is Cc1ccc(C(=O)Nc2nnc(C(C)(C)C)s2)c(C2CCN(C(=O)c3cccc4c3OCO4)CC2)n1.